The minimum Gasteiger partial charge on any atom is -0.350 e. The molecule has 0 heterocycles. The van der Waals surface area contributed by atoms with E-state index in [1.54, 1.807) is 0 Å². The highest BCUT2D eigenvalue weighted by molar-refractivity contribution is 5.79. The lowest BCUT2D eigenvalue weighted by Crippen LogP contribution is -2.42. The molecule has 15 heavy (non-hydrogen) atoms. The van der Waals surface area contributed by atoms with Crippen molar-refractivity contribution >= 4 is 5.91 Å². The minimum atomic E-state index is -2.48. The van der Waals surface area contributed by atoms with Gasteiger partial charge in [-0.15, -0.1) is 0 Å². The van der Waals surface area contributed by atoms with Crippen molar-refractivity contribution in [2.24, 2.45) is 17.6 Å². The van der Waals surface area contributed by atoms with E-state index in [4.69, 9.17) is 5.73 Å². The summed E-state index contributed by atoms with van der Waals surface area (Å²) in [6.07, 6.45) is -0.0641. The van der Waals surface area contributed by atoms with Crippen LogP contribution in [0.4, 0.5) is 8.78 Å². The van der Waals surface area contributed by atoms with Gasteiger partial charge in [0.2, 0.25) is 5.91 Å². The van der Waals surface area contributed by atoms with Gasteiger partial charge in [-0.2, -0.15) is 0 Å². The number of nitrogens with two attached hydrogens (primary N) is 1. The fourth-order valence-electron chi connectivity index (χ4n) is 2.03. The molecule has 1 aliphatic rings. The summed E-state index contributed by atoms with van der Waals surface area (Å²) in [5.74, 6) is -0.243. The van der Waals surface area contributed by atoms with Crippen molar-refractivity contribution in [3.8, 4) is 0 Å². The van der Waals surface area contributed by atoms with Gasteiger partial charge in [-0.1, -0.05) is 6.92 Å². The number of amides is 1. The molecule has 1 saturated carbocycles. The molecule has 3 nitrogen and oxygen atoms in total. The van der Waals surface area contributed by atoms with Gasteiger partial charge in [0.15, 0.2) is 0 Å². The van der Waals surface area contributed by atoms with Crippen LogP contribution in [-0.2, 0) is 4.79 Å². The van der Waals surface area contributed by atoms with Crippen LogP contribution in [0.1, 0.15) is 26.2 Å². The zero-order valence-corrected chi connectivity index (χ0v) is 8.88. The van der Waals surface area contributed by atoms with Gasteiger partial charge >= 0.3 is 0 Å². The van der Waals surface area contributed by atoms with Crippen LogP contribution in [0.15, 0.2) is 0 Å². The molecular weight excluding hydrogens is 202 g/mol. The molecule has 3 N–H and O–H groups in total. The number of carbonyl (C=O) groups excluding carboxylic acids is 1. The van der Waals surface area contributed by atoms with Crippen molar-refractivity contribution in [3.05, 3.63) is 0 Å². The van der Waals surface area contributed by atoms with Gasteiger partial charge in [0.1, 0.15) is 0 Å². The van der Waals surface area contributed by atoms with E-state index >= 15 is 0 Å². The second-order valence-corrected chi connectivity index (χ2v) is 4.29. The van der Waals surface area contributed by atoms with Gasteiger partial charge in [-0.05, 0) is 25.2 Å². The molecule has 0 aromatic heterocycles. The first-order chi connectivity index (χ1) is 7.00. The highest BCUT2D eigenvalue weighted by atomic mass is 19.3. The largest absolute Gasteiger partial charge is 0.350 e. The first-order valence-electron chi connectivity index (χ1n) is 5.32. The van der Waals surface area contributed by atoms with E-state index in [2.05, 4.69) is 5.32 Å². The quantitative estimate of drug-likeness (QED) is 0.749. The number of alkyl halides is 2. The number of hydrogen-bond donors (Lipinski definition) is 2. The van der Waals surface area contributed by atoms with Crippen molar-refractivity contribution in [2.45, 2.75) is 38.7 Å². The Morgan fingerprint density at radius 3 is 2.80 bits per heavy atom. The standard InChI is InChI=1S/C10H18F2N2O/c1-6-2-3-7(13)4-8(6)10(15)14-5-9(11)12/h6-9H,2-5,13H2,1H3,(H,14,15). The van der Waals surface area contributed by atoms with Crippen LogP contribution in [0.5, 0.6) is 0 Å². The normalized spacial score (nSPS) is 31.7. The molecule has 1 fully saturated rings. The Labute approximate surface area is 88.4 Å². The number of rotatable bonds is 3. The molecule has 0 spiro atoms. The average molecular weight is 220 g/mol. The molecule has 0 radical (unpaired) electrons. The van der Waals surface area contributed by atoms with Gasteiger partial charge < -0.3 is 11.1 Å². The van der Waals surface area contributed by atoms with E-state index in [9.17, 15) is 13.6 Å². The minimum absolute atomic E-state index is 0.0310. The maximum Gasteiger partial charge on any atom is 0.255 e. The lowest BCUT2D eigenvalue weighted by atomic mass is 9.78. The Morgan fingerprint density at radius 1 is 1.53 bits per heavy atom. The Balaban J connectivity index is 2.42. The van der Waals surface area contributed by atoms with E-state index in [-0.39, 0.29) is 23.8 Å². The van der Waals surface area contributed by atoms with Crippen LogP contribution in [0.3, 0.4) is 0 Å². The molecule has 3 unspecified atom stereocenters. The van der Waals surface area contributed by atoms with Crippen LogP contribution in [0.25, 0.3) is 0 Å². The first kappa shape index (κ1) is 12.4. The monoisotopic (exact) mass is 220 g/mol. The Bertz CT molecular complexity index is 223. The SMILES string of the molecule is CC1CCC(N)CC1C(=O)NCC(F)F. The van der Waals surface area contributed by atoms with Crippen molar-refractivity contribution in [1.29, 1.82) is 0 Å². The second-order valence-electron chi connectivity index (χ2n) is 4.29. The van der Waals surface area contributed by atoms with Crippen molar-refractivity contribution in [1.82, 2.24) is 5.32 Å². The van der Waals surface area contributed by atoms with Gasteiger partial charge in [0.25, 0.3) is 6.43 Å². The highest BCUT2D eigenvalue weighted by Crippen LogP contribution is 2.29. The van der Waals surface area contributed by atoms with Crippen molar-refractivity contribution in [2.75, 3.05) is 6.54 Å². The van der Waals surface area contributed by atoms with Gasteiger partial charge in [-0.3, -0.25) is 4.79 Å². The maximum absolute atomic E-state index is 11.9. The third-order valence-corrected chi connectivity index (χ3v) is 3.00. The lowest BCUT2D eigenvalue weighted by Gasteiger charge is -2.31. The van der Waals surface area contributed by atoms with E-state index in [1.165, 1.54) is 0 Å². The summed E-state index contributed by atoms with van der Waals surface area (Å²) in [5.41, 5.74) is 5.75. The number of hydrogen-bond acceptors (Lipinski definition) is 2. The summed E-state index contributed by atoms with van der Waals surface area (Å²) in [6, 6.07) is 0.0310. The third-order valence-electron chi connectivity index (χ3n) is 3.00. The van der Waals surface area contributed by atoms with Gasteiger partial charge in [0, 0.05) is 12.0 Å². The summed E-state index contributed by atoms with van der Waals surface area (Å²) in [4.78, 5) is 11.6. The molecule has 3 atom stereocenters. The fourth-order valence-corrected chi connectivity index (χ4v) is 2.03. The highest BCUT2D eigenvalue weighted by Gasteiger charge is 2.31. The molecule has 0 aromatic carbocycles. The molecular formula is C10H18F2N2O. The smallest absolute Gasteiger partial charge is 0.255 e. The summed E-state index contributed by atoms with van der Waals surface area (Å²) in [5, 5.41) is 2.26. The van der Waals surface area contributed by atoms with Crippen LogP contribution in [0, 0.1) is 11.8 Å². The van der Waals surface area contributed by atoms with E-state index < -0.39 is 13.0 Å². The first-order valence-corrected chi connectivity index (χ1v) is 5.32. The van der Waals surface area contributed by atoms with Crippen LogP contribution in [-0.4, -0.2) is 24.9 Å². The summed E-state index contributed by atoms with van der Waals surface area (Å²) in [6.45, 7) is 1.41. The molecule has 1 rings (SSSR count). The number of nitrogens with one attached hydrogen (secondary N) is 1. The molecule has 1 amide bonds. The van der Waals surface area contributed by atoms with Crippen LogP contribution >= 0.6 is 0 Å². The molecule has 1 aliphatic carbocycles. The molecule has 88 valence electrons. The van der Waals surface area contributed by atoms with Gasteiger partial charge in [0.05, 0.1) is 6.54 Å². The predicted molar refractivity (Wildman–Crippen MR) is 53.5 cm³/mol. The third kappa shape index (κ3) is 3.74. The second kappa shape index (κ2) is 5.39. The summed E-state index contributed by atoms with van der Waals surface area (Å²) >= 11 is 0. The zero-order chi connectivity index (χ0) is 11.4. The Kier molecular flexibility index (Phi) is 4.45. The topological polar surface area (TPSA) is 55.1 Å². The molecule has 0 saturated heterocycles. The molecule has 0 aliphatic heterocycles. The maximum atomic E-state index is 11.9. The average Bonchev–Trinajstić information content (AvgIpc) is 2.18. The summed E-state index contributed by atoms with van der Waals surface area (Å²) in [7, 11) is 0. The Morgan fingerprint density at radius 2 is 2.20 bits per heavy atom. The van der Waals surface area contributed by atoms with E-state index in [0.29, 0.717) is 6.42 Å². The number of halogens is 2. The van der Waals surface area contributed by atoms with Gasteiger partial charge in [-0.25, -0.2) is 8.78 Å². The number of carbonyl (C=O) groups is 1. The van der Waals surface area contributed by atoms with E-state index in [0.717, 1.165) is 12.8 Å². The molecule has 0 aromatic rings. The zero-order valence-electron chi connectivity index (χ0n) is 8.88. The van der Waals surface area contributed by atoms with Crippen LogP contribution in [0.2, 0.25) is 0 Å². The summed E-state index contributed by atoms with van der Waals surface area (Å²) < 4.78 is 23.8. The Hall–Kier alpha value is -0.710. The van der Waals surface area contributed by atoms with Crippen molar-refractivity contribution in [3.63, 3.8) is 0 Å². The van der Waals surface area contributed by atoms with E-state index in [1.807, 2.05) is 6.92 Å². The van der Waals surface area contributed by atoms with Crippen LogP contribution < -0.4 is 11.1 Å². The van der Waals surface area contributed by atoms with Crippen molar-refractivity contribution < 1.29 is 13.6 Å². The molecule has 0 bridgehead atoms. The predicted octanol–water partition coefficient (Wildman–Crippen LogP) is 1.13. The molecule has 5 heteroatoms. The fraction of sp³-hybridized carbons (Fsp3) is 0.900. The lowest BCUT2D eigenvalue weighted by molar-refractivity contribution is -0.128.